The van der Waals surface area contributed by atoms with E-state index in [1.165, 1.54) is 0 Å². The lowest BCUT2D eigenvalue weighted by Crippen LogP contribution is -2.37. The maximum atomic E-state index is 12.4. The summed E-state index contributed by atoms with van der Waals surface area (Å²) in [6.45, 7) is 2.63. The van der Waals surface area contributed by atoms with E-state index < -0.39 is 5.97 Å². The number of nitrogens with one attached hydrogen (secondary N) is 2. The first-order valence-corrected chi connectivity index (χ1v) is 12.5. The minimum absolute atomic E-state index is 0.383. The fourth-order valence-electron chi connectivity index (χ4n) is 3.88. The quantitative estimate of drug-likeness (QED) is 0.235. The molecule has 0 bridgehead atoms. The van der Waals surface area contributed by atoms with Gasteiger partial charge in [0.2, 0.25) is 17.8 Å². The van der Waals surface area contributed by atoms with Gasteiger partial charge in [0.05, 0.1) is 25.9 Å². The number of esters is 1. The van der Waals surface area contributed by atoms with Gasteiger partial charge in [-0.1, -0.05) is 36.4 Å². The smallest absolute Gasteiger partial charge is 0.343 e. The fourth-order valence-corrected chi connectivity index (χ4v) is 3.88. The molecule has 0 amide bonds. The van der Waals surface area contributed by atoms with Gasteiger partial charge in [0, 0.05) is 36.6 Å². The summed E-state index contributed by atoms with van der Waals surface area (Å²) >= 11 is 0. The summed E-state index contributed by atoms with van der Waals surface area (Å²) < 4.78 is 16.5. The zero-order chi connectivity index (χ0) is 26.9. The van der Waals surface area contributed by atoms with Crippen molar-refractivity contribution in [2.75, 3.05) is 48.9 Å². The van der Waals surface area contributed by atoms with Crippen molar-refractivity contribution in [3.8, 4) is 11.5 Å². The molecule has 39 heavy (non-hydrogen) atoms. The molecule has 10 heteroatoms. The first kappa shape index (κ1) is 25.7. The number of nitrogens with zero attached hydrogens (tertiary/aromatic N) is 4. The maximum absolute atomic E-state index is 12.4. The highest BCUT2D eigenvalue weighted by Crippen LogP contribution is 2.27. The first-order valence-electron chi connectivity index (χ1n) is 12.5. The number of para-hydroxylation sites is 1. The lowest BCUT2D eigenvalue weighted by Gasteiger charge is -2.27. The van der Waals surface area contributed by atoms with E-state index in [2.05, 4.69) is 30.5 Å². The number of hydrogen-bond donors (Lipinski definition) is 2. The van der Waals surface area contributed by atoms with Crippen molar-refractivity contribution in [1.82, 2.24) is 15.0 Å². The second kappa shape index (κ2) is 12.5. The van der Waals surface area contributed by atoms with E-state index in [0.717, 1.165) is 11.3 Å². The number of morpholine rings is 1. The minimum Gasteiger partial charge on any atom is -0.496 e. The van der Waals surface area contributed by atoms with Crippen molar-refractivity contribution in [3.63, 3.8) is 0 Å². The largest absolute Gasteiger partial charge is 0.496 e. The van der Waals surface area contributed by atoms with E-state index in [9.17, 15) is 4.79 Å². The summed E-state index contributed by atoms with van der Waals surface area (Å²) in [5.74, 6) is 1.86. The van der Waals surface area contributed by atoms with Crippen LogP contribution in [-0.4, -0.2) is 54.3 Å². The Labute approximate surface area is 226 Å². The van der Waals surface area contributed by atoms with Gasteiger partial charge in [-0.15, -0.1) is 0 Å². The predicted molar refractivity (Wildman–Crippen MR) is 150 cm³/mol. The van der Waals surface area contributed by atoms with Crippen LogP contribution >= 0.6 is 0 Å². The highest BCUT2D eigenvalue weighted by Gasteiger charge is 2.17. The molecule has 0 atom stereocenters. The Morgan fingerprint density at radius 3 is 2.38 bits per heavy atom. The van der Waals surface area contributed by atoms with Gasteiger partial charge in [-0.3, -0.25) is 0 Å². The molecular formula is C29H28N6O4. The van der Waals surface area contributed by atoms with E-state index in [-0.39, 0.29) is 0 Å². The van der Waals surface area contributed by atoms with Gasteiger partial charge in [-0.2, -0.15) is 15.0 Å². The predicted octanol–water partition coefficient (Wildman–Crippen LogP) is 4.76. The molecule has 2 heterocycles. The van der Waals surface area contributed by atoms with Crippen LogP contribution in [0, 0.1) is 0 Å². The normalized spacial score (nSPS) is 13.2. The maximum Gasteiger partial charge on any atom is 0.343 e. The van der Waals surface area contributed by atoms with Crippen LogP contribution in [0.25, 0.3) is 6.08 Å². The van der Waals surface area contributed by atoms with Crippen LogP contribution in [0.4, 0.5) is 23.5 Å². The standard InChI is InChI=1S/C29H28N6O4/c1-37-25-20-24(39-26(36)22-8-4-2-5-9-22)13-12-21(25)14-15-30-27-32-28(31-23-10-6-3-7-11-23)34-29(33-27)35-16-18-38-19-17-35/h2-15,20H,16-19H2,1H3,(H2,30,31,32,33,34). The molecule has 1 aromatic heterocycles. The van der Waals surface area contributed by atoms with Crippen LogP contribution in [0.15, 0.2) is 85.1 Å². The average molecular weight is 525 g/mol. The van der Waals surface area contributed by atoms with Crippen molar-refractivity contribution < 1.29 is 19.0 Å². The minimum atomic E-state index is -0.437. The van der Waals surface area contributed by atoms with Gasteiger partial charge < -0.3 is 29.7 Å². The van der Waals surface area contributed by atoms with Gasteiger partial charge in [0.15, 0.2) is 0 Å². The number of methoxy groups -OCH3 is 1. The highest BCUT2D eigenvalue weighted by atomic mass is 16.5. The van der Waals surface area contributed by atoms with Crippen molar-refractivity contribution in [3.05, 3.63) is 96.2 Å². The molecule has 0 spiro atoms. The number of ether oxygens (including phenoxy) is 3. The Balaban J connectivity index is 1.32. The Morgan fingerprint density at radius 1 is 0.923 bits per heavy atom. The lowest BCUT2D eigenvalue weighted by molar-refractivity contribution is 0.0734. The molecule has 2 N–H and O–H groups in total. The fraction of sp³-hybridized carbons (Fsp3) is 0.172. The number of anilines is 4. The van der Waals surface area contributed by atoms with E-state index in [0.29, 0.717) is 61.2 Å². The molecule has 0 aliphatic carbocycles. The molecule has 3 aromatic carbocycles. The molecule has 0 saturated carbocycles. The summed E-state index contributed by atoms with van der Waals surface area (Å²) in [6.07, 6.45) is 3.54. The molecule has 4 aromatic rings. The molecule has 10 nitrogen and oxygen atoms in total. The van der Waals surface area contributed by atoms with Crippen molar-refractivity contribution >= 4 is 35.6 Å². The van der Waals surface area contributed by atoms with E-state index in [4.69, 9.17) is 14.2 Å². The Bertz CT molecular complexity index is 1430. The third-order valence-corrected chi connectivity index (χ3v) is 5.85. The Morgan fingerprint density at radius 2 is 1.64 bits per heavy atom. The van der Waals surface area contributed by atoms with Crippen LogP contribution in [-0.2, 0) is 4.74 Å². The van der Waals surface area contributed by atoms with Crippen molar-refractivity contribution in [1.29, 1.82) is 0 Å². The van der Waals surface area contributed by atoms with Crippen molar-refractivity contribution in [2.24, 2.45) is 0 Å². The molecule has 1 aliphatic rings. The zero-order valence-electron chi connectivity index (χ0n) is 21.4. The van der Waals surface area contributed by atoms with Crippen LogP contribution in [0.3, 0.4) is 0 Å². The number of carbonyl (C=O) groups excluding carboxylic acids is 1. The first-order chi connectivity index (χ1) is 19.2. The van der Waals surface area contributed by atoms with Gasteiger partial charge >= 0.3 is 5.97 Å². The monoisotopic (exact) mass is 524 g/mol. The summed E-state index contributed by atoms with van der Waals surface area (Å²) in [7, 11) is 1.56. The number of hydrogen-bond acceptors (Lipinski definition) is 10. The van der Waals surface area contributed by atoms with Crippen LogP contribution < -0.4 is 25.0 Å². The van der Waals surface area contributed by atoms with E-state index in [1.54, 1.807) is 55.8 Å². The molecule has 0 radical (unpaired) electrons. The lowest BCUT2D eigenvalue weighted by atomic mass is 10.2. The van der Waals surface area contributed by atoms with Crippen LogP contribution in [0.1, 0.15) is 15.9 Å². The highest BCUT2D eigenvalue weighted by molar-refractivity contribution is 5.91. The third-order valence-electron chi connectivity index (χ3n) is 5.85. The Hall–Kier alpha value is -4.96. The molecule has 1 fully saturated rings. The third kappa shape index (κ3) is 6.88. The molecule has 0 unspecified atom stereocenters. The summed E-state index contributed by atoms with van der Waals surface area (Å²) in [4.78, 5) is 28.2. The van der Waals surface area contributed by atoms with E-state index >= 15 is 0 Å². The molecule has 1 saturated heterocycles. The second-order valence-corrected chi connectivity index (χ2v) is 8.51. The van der Waals surface area contributed by atoms with Gasteiger partial charge in [0.25, 0.3) is 0 Å². The number of carbonyl (C=O) groups is 1. The number of aromatic nitrogens is 3. The zero-order valence-corrected chi connectivity index (χ0v) is 21.4. The molecule has 198 valence electrons. The second-order valence-electron chi connectivity index (χ2n) is 8.51. The average Bonchev–Trinajstić information content (AvgIpc) is 2.99. The molecule has 1 aliphatic heterocycles. The summed E-state index contributed by atoms with van der Waals surface area (Å²) in [5, 5.41) is 6.37. The van der Waals surface area contributed by atoms with Crippen LogP contribution in [0.2, 0.25) is 0 Å². The topological polar surface area (TPSA) is 111 Å². The summed E-state index contributed by atoms with van der Waals surface area (Å²) in [5.41, 5.74) is 2.12. The summed E-state index contributed by atoms with van der Waals surface area (Å²) in [6, 6.07) is 23.7. The molecular weight excluding hydrogens is 496 g/mol. The van der Waals surface area contributed by atoms with Gasteiger partial charge in [-0.25, -0.2) is 4.79 Å². The number of rotatable bonds is 9. The van der Waals surface area contributed by atoms with Gasteiger partial charge in [-0.05, 0) is 42.5 Å². The van der Waals surface area contributed by atoms with E-state index in [1.807, 2.05) is 42.5 Å². The van der Waals surface area contributed by atoms with Crippen LogP contribution in [0.5, 0.6) is 11.5 Å². The van der Waals surface area contributed by atoms with Gasteiger partial charge in [0.1, 0.15) is 11.5 Å². The SMILES string of the molecule is COc1cc(OC(=O)c2ccccc2)ccc1C=CNc1nc(Nc2ccccc2)nc(N2CCOCC2)n1. The van der Waals surface area contributed by atoms with Crippen molar-refractivity contribution in [2.45, 2.75) is 0 Å². The number of benzene rings is 3. The Kier molecular flexibility index (Phi) is 8.25. The molecule has 5 rings (SSSR count).